The lowest BCUT2D eigenvalue weighted by Gasteiger charge is -2.34. The van der Waals surface area contributed by atoms with Crippen LogP contribution in [0.5, 0.6) is 0 Å². The number of aryl methyl sites for hydroxylation is 1. The van der Waals surface area contributed by atoms with Crippen LogP contribution in [0.4, 0.5) is 11.6 Å². The van der Waals surface area contributed by atoms with Crippen LogP contribution in [0.25, 0.3) is 0 Å². The van der Waals surface area contributed by atoms with Crippen molar-refractivity contribution >= 4 is 23.5 Å². The summed E-state index contributed by atoms with van der Waals surface area (Å²) in [5, 5.41) is 8.93. The second-order valence-electron chi connectivity index (χ2n) is 7.88. The van der Waals surface area contributed by atoms with E-state index in [1.165, 1.54) is 0 Å². The summed E-state index contributed by atoms with van der Waals surface area (Å²) in [5.74, 6) is 0.236. The Hall–Kier alpha value is -4.08. The number of amides is 2. The predicted molar refractivity (Wildman–Crippen MR) is 123 cm³/mol. The molecule has 3 aromatic rings. The topological polar surface area (TPSA) is 124 Å². The third-order valence-corrected chi connectivity index (χ3v) is 5.73. The van der Waals surface area contributed by atoms with Gasteiger partial charge >= 0.3 is 0 Å². The van der Waals surface area contributed by atoms with Gasteiger partial charge in [0.15, 0.2) is 0 Å². The maximum atomic E-state index is 12.7. The number of hydrogen-bond donors (Lipinski definition) is 2. The van der Waals surface area contributed by atoms with E-state index in [1.54, 1.807) is 56.6 Å². The number of nitrogens with one attached hydrogen (secondary N) is 2. The summed E-state index contributed by atoms with van der Waals surface area (Å²) in [6, 6.07) is 8.83. The van der Waals surface area contributed by atoms with Crippen molar-refractivity contribution in [3.8, 4) is 0 Å². The van der Waals surface area contributed by atoms with E-state index in [9.17, 15) is 14.4 Å². The number of piperazine rings is 1. The van der Waals surface area contributed by atoms with Crippen molar-refractivity contribution < 1.29 is 9.59 Å². The third kappa shape index (κ3) is 5.05. The maximum Gasteiger partial charge on any atom is 0.277 e. The molecule has 1 saturated heterocycles. The normalized spacial score (nSPS) is 13.6. The molecule has 0 radical (unpaired) electrons. The molecule has 1 aliphatic heterocycles. The molecule has 1 aliphatic rings. The van der Waals surface area contributed by atoms with Gasteiger partial charge in [-0.25, -0.2) is 15.1 Å². The number of hydrogen-bond acceptors (Lipinski definition) is 7. The largest absolute Gasteiger partial charge is 0.339 e. The van der Waals surface area contributed by atoms with Crippen molar-refractivity contribution in [3.63, 3.8) is 0 Å². The Morgan fingerprint density at radius 2 is 1.70 bits per heavy atom. The molecule has 10 heteroatoms. The molecule has 170 valence electrons. The fourth-order valence-electron chi connectivity index (χ4n) is 3.70. The Balaban J connectivity index is 1.33. The number of anilines is 2. The Kier molecular flexibility index (Phi) is 6.43. The smallest absolute Gasteiger partial charge is 0.277 e. The molecule has 2 aromatic heterocycles. The van der Waals surface area contributed by atoms with E-state index in [0.29, 0.717) is 49.1 Å². The fourth-order valence-corrected chi connectivity index (χ4v) is 3.70. The lowest BCUT2D eigenvalue weighted by Crippen LogP contribution is -2.49. The monoisotopic (exact) mass is 447 g/mol. The lowest BCUT2D eigenvalue weighted by molar-refractivity contribution is -0.130. The van der Waals surface area contributed by atoms with Crippen molar-refractivity contribution in [3.05, 3.63) is 75.5 Å². The highest BCUT2D eigenvalue weighted by Gasteiger charge is 2.22. The lowest BCUT2D eigenvalue weighted by atomic mass is 10.1. The standard InChI is InChI=1S/C23H25N7O3/c1-15-16(2)27-28-22(33)20(15)21(32)26-18-6-4-17(5-7-18)14-19(31)29-10-12-30(13-11-29)23-24-8-3-9-25-23/h3-9H,10-14H2,1-2H3,(H,26,32)(H,28,33). The van der Waals surface area contributed by atoms with Gasteiger partial charge in [-0.1, -0.05) is 12.1 Å². The number of rotatable bonds is 5. The van der Waals surface area contributed by atoms with Crippen LogP contribution in [0.2, 0.25) is 0 Å². The molecule has 4 rings (SSSR count). The van der Waals surface area contributed by atoms with E-state index in [1.807, 2.05) is 4.90 Å². The van der Waals surface area contributed by atoms with Gasteiger partial charge in [0.2, 0.25) is 11.9 Å². The van der Waals surface area contributed by atoms with Crippen molar-refractivity contribution in [1.29, 1.82) is 0 Å². The van der Waals surface area contributed by atoms with Crippen molar-refractivity contribution in [2.45, 2.75) is 20.3 Å². The summed E-state index contributed by atoms with van der Waals surface area (Å²) < 4.78 is 0. The summed E-state index contributed by atoms with van der Waals surface area (Å²) in [6.07, 6.45) is 3.70. The molecule has 3 heterocycles. The zero-order valence-electron chi connectivity index (χ0n) is 18.5. The van der Waals surface area contributed by atoms with Crippen molar-refractivity contribution in [2.75, 3.05) is 36.4 Å². The molecule has 0 spiro atoms. The molecular weight excluding hydrogens is 422 g/mol. The van der Waals surface area contributed by atoms with Crippen LogP contribution >= 0.6 is 0 Å². The molecule has 0 atom stereocenters. The molecule has 0 bridgehead atoms. The van der Waals surface area contributed by atoms with Gasteiger partial charge in [0, 0.05) is 44.3 Å². The molecule has 2 amide bonds. The van der Waals surface area contributed by atoms with Gasteiger partial charge in [-0.05, 0) is 43.2 Å². The fraction of sp³-hybridized carbons (Fsp3) is 0.304. The summed E-state index contributed by atoms with van der Waals surface area (Å²) in [4.78, 5) is 49.8. The van der Waals surface area contributed by atoms with Gasteiger partial charge in [0.05, 0.1) is 12.1 Å². The minimum atomic E-state index is -0.531. The Bertz CT molecular complexity index is 1200. The molecular formula is C23H25N7O3. The maximum absolute atomic E-state index is 12.7. The quantitative estimate of drug-likeness (QED) is 0.604. The first-order valence-corrected chi connectivity index (χ1v) is 10.7. The molecule has 0 saturated carbocycles. The SMILES string of the molecule is Cc1n[nH]c(=O)c(C(=O)Nc2ccc(CC(=O)N3CCN(c4ncccn4)CC3)cc2)c1C. The number of aromatic nitrogens is 4. The van der Waals surface area contributed by atoms with Crippen LogP contribution in [0.3, 0.4) is 0 Å². The van der Waals surface area contributed by atoms with E-state index >= 15 is 0 Å². The van der Waals surface area contributed by atoms with Gasteiger partial charge in [-0.3, -0.25) is 14.4 Å². The average Bonchev–Trinajstić information content (AvgIpc) is 2.83. The first-order chi connectivity index (χ1) is 15.9. The van der Waals surface area contributed by atoms with Gasteiger partial charge in [0.1, 0.15) is 5.56 Å². The second-order valence-corrected chi connectivity index (χ2v) is 7.88. The highest BCUT2D eigenvalue weighted by molar-refractivity contribution is 6.05. The first kappa shape index (κ1) is 22.1. The van der Waals surface area contributed by atoms with E-state index in [2.05, 4.69) is 30.4 Å². The number of carbonyl (C=O) groups is 2. The second kappa shape index (κ2) is 9.60. The first-order valence-electron chi connectivity index (χ1n) is 10.7. The third-order valence-electron chi connectivity index (χ3n) is 5.73. The molecule has 1 aromatic carbocycles. The highest BCUT2D eigenvalue weighted by Crippen LogP contribution is 2.15. The van der Waals surface area contributed by atoms with Gasteiger partial charge in [-0.15, -0.1) is 0 Å². The molecule has 2 N–H and O–H groups in total. The van der Waals surface area contributed by atoms with Crippen molar-refractivity contribution in [1.82, 2.24) is 25.1 Å². The van der Waals surface area contributed by atoms with E-state index in [-0.39, 0.29) is 17.9 Å². The number of benzene rings is 1. The summed E-state index contributed by atoms with van der Waals surface area (Å²) in [5.41, 5.74) is 2.03. The van der Waals surface area contributed by atoms with Crippen LogP contribution in [0.15, 0.2) is 47.5 Å². The average molecular weight is 447 g/mol. The van der Waals surface area contributed by atoms with Crippen LogP contribution < -0.4 is 15.8 Å². The van der Waals surface area contributed by atoms with Crippen LogP contribution in [-0.4, -0.2) is 63.1 Å². The Morgan fingerprint density at radius 1 is 1.03 bits per heavy atom. The highest BCUT2D eigenvalue weighted by atomic mass is 16.2. The number of H-pyrrole nitrogens is 1. The molecule has 10 nitrogen and oxygen atoms in total. The predicted octanol–water partition coefficient (Wildman–Crippen LogP) is 1.32. The molecule has 1 fully saturated rings. The van der Waals surface area contributed by atoms with E-state index in [0.717, 1.165) is 5.56 Å². The van der Waals surface area contributed by atoms with Gasteiger partial charge in [-0.2, -0.15) is 5.10 Å². The zero-order chi connectivity index (χ0) is 23.4. The minimum absolute atomic E-state index is 0.0433. The zero-order valence-corrected chi connectivity index (χ0v) is 18.5. The molecule has 33 heavy (non-hydrogen) atoms. The van der Waals surface area contributed by atoms with E-state index < -0.39 is 11.5 Å². The Morgan fingerprint density at radius 3 is 2.36 bits per heavy atom. The van der Waals surface area contributed by atoms with Crippen LogP contribution in [0.1, 0.15) is 27.2 Å². The minimum Gasteiger partial charge on any atom is -0.339 e. The molecule has 0 aliphatic carbocycles. The summed E-state index contributed by atoms with van der Waals surface area (Å²) in [6.45, 7) is 6.02. The van der Waals surface area contributed by atoms with Crippen LogP contribution in [-0.2, 0) is 11.2 Å². The van der Waals surface area contributed by atoms with Gasteiger partial charge in [0.25, 0.3) is 11.5 Å². The number of nitrogens with zero attached hydrogens (tertiary/aromatic N) is 5. The number of aromatic amines is 1. The van der Waals surface area contributed by atoms with E-state index in [4.69, 9.17) is 0 Å². The molecule has 0 unspecified atom stereocenters. The Labute approximate surface area is 190 Å². The van der Waals surface area contributed by atoms with Gasteiger partial charge < -0.3 is 15.1 Å². The number of carbonyl (C=O) groups excluding carboxylic acids is 2. The summed E-state index contributed by atoms with van der Waals surface area (Å²) in [7, 11) is 0. The van der Waals surface area contributed by atoms with Crippen LogP contribution in [0, 0.1) is 13.8 Å². The van der Waals surface area contributed by atoms with Crippen molar-refractivity contribution in [2.24, 2.45) is 0 Å². The summed E-state index contributed by atoms with van der Waals surface area (Å²) >= 11 is 0.